The number of hydrogen-bond acceptors (Lipinski definition) is 5. The van der Waals surface area contributed by atoms with Crippen molar-refractivity contribution < 1.29 is 19.1 Å². The van der Waals surface area contributed by atoms with Gasteiger partial charge in [0.25, 0.3) is 0 Å². The first kappa shape index (κ1) is 33.5. The average Bonchev–Trinajstić information content (AvgIpc) is 3.03. The lowest BCUT2D eigenvalue weighted by Crippen LogP contribution is -2.43. The topological polar surface area (TPSA) is 84.5 Å². The van der Waals surface area contributed by atoms with Crippen LogP contribution in [0.25, 0.3) is 0 Å². The van der Waals surface area contributed by atoms with Crippen LogP contribution in [0.5, 0.6) is 0 Å². The fraction of sp³-hybridized carbons (Fsp3) is 0.289. The monoisotopic (exact) mass is 622 g/mol. The molecule has 0 radical (unpaired) electrons. The highest BCUT2D eigenvalue weighted by Crippen LogP contribution is 2.48. The lowest BCUT2D eigenvalue weighted by atomic mass is 9.84. The minimum atomic E-state index is -0.683. The summed E-state index contributed by atoms with van der Waals surface area (Å²) in [6, 6.07) is 38.4. The van der Waals surface area contributed by atoms with E-state index in [1.54, 1.807) is 32.5 Å². The smallest absolute Gasteiger partial charge is 0.408 e. The van der Waals surface area contributed by atoms with E-state index in [1.165, 1.54) is 23.6 Å². The maximum Gasteiger partial charge on any atom is 0.408 e. The molecule has 4 rings (SSSR count). The second kappa shape index (κ2) is 15.6. The van der Waals surface area contributed by atoms with Crippen LogP contribution in [-0.2, 0) is 32.0 Å². The predicted molar refractivity (Wildman–Crippen MR) is 182 cm³/mol. The Bertz CT molecular complexity index is 1440. The van der Waals surface area contributed by atoms with Gasteiger partial charge in [-0.2, -0.15) is 0 Å². The standard InChI is InChI=1S/C38H42N2O4S/c1-28(41)34(40-36(43)44-37(2,3)4)26-29-20-22-30(23-21-29)27-39-35(42)24-25-45-38(31-14-8-5-9-15-31,32-16-10-6-11-17-32)33-18-12-7-13-19-33/h5-23,34H,24-27H2,1-4H3,(H,39,42)(H,40,43)/t34-/m1/s1. The van der Waals surface area contributed by atoms with Crippen molar-refractivity contribution in [2.24, 2.45) is 0 Å². The number of benzene rings is 4. The Balaban J connectivity index is 1.37. The van der Waals surface area contributed by atoms with E-state index < -0.39 is 22.5 Å². The van der Waals surface area contributed by atoms with Crippen LogP contribution >= 0.6 is 11.8 Å². The zero-order valence-corrected chi connectivity index (χ0v) is 27.2. The number of rotatable bonds is 13. The quantitative estimate of drug-likeness (QED) is 0.151. The van der Waals surface area contributed by atoms with Crippen LogP contribution in [-0.4, -0.2) is 35.2 Å². The third kappa shape index (κ3) is 9.56. The Labute approximate surface area is 271 Å². The second-order valence-electron chi connectivity index (χ2n) is 12.0. The summed E-state index contributed by atoms with van der Waals surface area (Å²) >= 11 is 1.77. The van der Waals surface area contributed by atoms with Gasteiger partial charge in [-0.05, 0) is 61.9 Å². The number of ketones is 1. The van der Waals surface area contributed by atoms with Gasteiger partial charge in [0.15, 0.2) is 5.78 Å². The van der Waals surface area contributed by atoms with Gasteiger partial charge in [-0.3, -0.25) is 9.59 Å². The lowest BCUT2D eigenvalue weighted by molar-refractivity contribution is -0.121. The number of carbonyl (C=O) groups is 3. The fourth-order valence-electron chi connectivity index (χ4n) is 5.13. The van der Waals surface area contributed by atoms with E-state index in [2.05, 4.69) is 83.4 Å². The average molecular weight is 623 g/mol. The van der Waals surface area contributed by atoms with Gasteiger partial charge in [0.05, 0.1) is 10.8 Å². The third-order valence-electron chi connectivity index (χ3n) is 7.32. The molecule has 0 aliphatic heterocycles. The van der Waals surface area contributed by atoms with Crippen LogP contribution < -0.4 is 10.6 Å². The maximum absolute atomic E-state index is 13.0. The largest absolute Gasteiger partial charge is 0.444 e. The molecule has 6 nitrogen and oxygen atoms in total. The summed E-state index contributed by atoms with van der Waals surface area (Å²) in [6.07, 6.45) is 0.103. The van der Waals surface area contributed by atoms with E-state index in [0.717, 1.165) is 11.1 Å². The van der Waals surface area contributed by atoms with E-state index in [1.807, 2.05) is 42.5 Å². The molecule has 0 aliphatic carbocycles. The minimum Gasteiger partial charge on any atom is -0.444 e. The molecule has 45 heavy (non-hydrogen) atoms. The Kier molecular flexibility index (Phi) is 11.6. The molecule has 2 N–H and O–H groups in total. The van der Waals surface area contributed by atoms with Crippen LogP contribution in [0.2, 0.25) is 0 Å². The zero-order chi connectivity index (χ0) is 32.3. The Morgan fingerprint density at radius 2 is 1.18 bits per heavy atom. The molecule has 7 heteroatoms. The summed E-state index contributed by atoms with van der Waals surface area (Å²) in [5.41, 5.74) is 4.71. The van der Waals surface area contributed by atoms with Gasteiger partial charge in [-0.25, -0.2) is 4.79 Å². The summed E-state index contributed by atoms with van der Waals surface area (Å²) in [7, 11) is 0. The molecule has 2 amide bonds. The fourth-order valence-corrected chi connectivity index (χ4v) is 6.63. The van der Waals surface area contributed by atoms with Gasteiger partial charge >= 0.3 is 6.09 Å². The van der Waals surface area contributed by atoms with E-state index in [0.29, 0.717) is 25.1 Å². The first-order valence-electron chi connectivity index (χ1n) is 15.2. The molecular weight excluding hydrogens is 580 g/mol. The summed E-state index contributed by atoms with van der Waals surface area (Å²) in [5.74, 6) is 0.458. The van der Waals surface area contributed by atoms with Crippen molar-refractivity contribution >= 4 is 29.5 Å². The molecule has 4 aromatic rings. The highest BCUT2D eigenvalue weighted by Gasteiger charge is 2.36. The number of nitrogens with one attached hydrogen (secondary N) is 2. The molecule has 4 aromatic carbocycles. The van der Waals surface area contributed by atoms with Crippen molar-refractivity contribution in [2.75, 3.05) is 5.75 Å². The molecule has 0 saturated heterocycles. The molecule has 0 aliphatic rings. The highest BCUT2D eigenvalue weighted by molar-refractivity contribution is 8.00. The Morgan fingerprint density at radius 1 is 0.711 bits per heavy atom. The molecular formula is C38H42N2O4S. The SMILES string of the molecule is CC(=O)[C@@H](Cc1ccc(CNC(=O)CCSC(c2ccccc2)(c2ccccc2)c2ccccc2)cc1)NC(=O)OC(C)(C)C. The van der Waals surface area contributed by atoms with Crippen molar-refractivity contribution in [3.8, 4) is 0 Å². The molecule has 0 aromatic heterocycles. The molecule has 0 saturated carbocycles. The minimum absolute atomic E-state index is 0.0205. The van der Waals surface area contributed by atoms with E-state index in [4.69, 9.17) is 4.74 Å². The van der Waals surface area contributed by atoms with Crippen LogP contribution in [0.4, 0.5) is 4.79 Å². The van der Waals surface area contributed by atoms with Crippen molar-refractivity contribution in [3.63, 3.8) is 0 Å². The summed E-state index contributed by atoms with van der Waals surface area (Å²) < 4.78 is 4.84. The van der Waals surface area contributed by atoms with E-state index in [-0.39, 0.29) is 11.7 Å². The number of ether oxygens (including phenoxy) is 1. The number of alkyl carbamates (subject to hydrolysis) is 1. The van der Waals surface area contributed by atoms with Crippen LogP contribution in [0.1, 0.15) is 61.9 Å². The number of hydrogen-bond donors (Lipinski definition) is 2. The summed E-state index contributed by atoms with van der Waals surface area (Å²) in [4.78, 5) is 37.3. The number of Topliss-reactive ketones (excluding diaryl/α,β-unsaturated/α-hetero) is 1. The van der Waals surface area contributed by atoms with Crippen LogP contribution in [0.3, 0.4) is 0 Å². The second-order valence-corrected chi connectivity index (χ2v) is 13.3. The van der Waals surface area contributed by atoms with Gasteiger partial charge in [-0.1, -0.05) is 115 Å². The molecule has 0 unspecified atom stereocenters. The lowest BCUT2D eigenvalue weighted by Gasteiger charge is -2.35. The number of thioether (sulfide) groups is 1. The third-order valence-corrected chi connectivity index (χ3v) is 8.87. The van der Waals surface area contributed by atoms with E-state index in [9.17, 15) is 14.4 Å². The van der Waals surface area contributed by atoms with Gasteiger partial charge < -0.3 is 15.4 Å². The molecule has 0 bridgehead atoms. The maximum atomic E-state index is 13.0. The van der Waals surface area contributed by atoms with Crippen molar-refractivity contribution in [1.29, 1.82) is 0 Å². The van der Waals surface area contributed by atoms with Crippen LogP contribution in [0.15, 0.2) is 115 Å². The van der Waals surface area contributed by atoms with Crippen molar-refractivity contribution in [1.82, 2.24) is 10.6 Å². The zero-order valence-electron chi connectivity index (χ0n) is 26.4. The van der Waals surface area contributed by atoms with Gasteiger partial charge in [0.2, 0.25) is 5.91 Å². The summed E-state index contributed by atoms with van der Waals surface area (Å²) in [5, 5.41) is 5.72. The number of amides is 2. The van der Waals surface area contributed by atoms with Crippen molar-refractivity contribution in [2.45, 2.75) is 63.5 Å². The first-order valence-corrected chi connectivity index (χ1v) is 16.2. The van der Waals surface area contributed by atoms with Gasteiger partial charge in [-0.15, -0.1) is 11.8 Å². The normalized spacial score (nSPS) is 12.2. The molecule has 0 spiro atoms. The Morgan fingerprint density at radius 3 is 1.62 bits per heavy atom. The van der Waals surface area contributed by atoms with Gasteiger partial charge in [0.1, 0.15) is 5.60 Å². The summed E-state index contributed by atoms with van der Waals surface area (Å²) in [6.45, 7) is 7.18. The van der Waals surface area contributed by atoms with Crippen LogP contribution in [0, 0.1) is 0 Å². The predicted octanol–water partition coefficient (Wildman–Crippen LogP) is 7.44. The van der Waals surface area contributed by atoms with E-state index >= 15 is 0 Å². The Hall–Kier alpha value is -4.36. The molecule has 0 heterocycles. The number of carbonyl (C=O) groups excluding carboxylic acids is 3. The van der Waals surface area contributed by atoms with Crippen molar-refractivity contribution in [3.05, 3.63) is 143 Å². The molecule has 234 valence electrons. The first-order chi connectivity index (χ1) is 21.6. The van der Waals surface area contributed by atoms with Gasteiger partial charge in [0, 0.05) is 18.7 Å². The molecule has 1 atom stereocenters. The molecule has 0 fully saturated rings. The highest BCUT2D eigenvalue weighted by atomic mass is 32.2.